The first-order valence-corrected chi connectivity index (χ1v) is 8.89. The summed E-state index contributed by atoms with van der Waals surface area (Å²) >= 11 is 7.26. The Morgan fingerprint density at radius 2 is 1.86 bits per heavy atom. The molecular weight excluding hydrogens is 392 g/mol. The molecule has 108 valence electrons. The number of hydrogen-bond donors (Lipinski definition) is 0. The molecule has 1 aliphatic carbocycles. The number of rotatable bonds is 0. The van der Waals surface area contributed by atoms with Crippen LogP contribution in [0.2, 0.25) is 0 Å². The molecule has 2 aromatic carbocycles. The molecule has 1 aliphatic rings. The second-order valence-electron chi connectivity index (χ2n) is 4.80. The quantitative estimate of drug-likeness (QED) is 0.370. The van der Waals surface area contributed by atoms with Crippen molar-refractivity contribution in [2.24, 2.45) is 0 Å². The van der Waals surface area contributed by atoms with Gasteiger partial charge < -0.3 is 4.42 Å². The zero-order valence-corrected chi connectivity index (χ0v) is 15.2. The third kappa shape index (κ3) is 2.47. The van der Waals surface area contributed by atoms with E-state index in [9.17, 15) is 0 Å². The zero-order valence-electron chi connectivity index (χ0n) is 12.0. The summed E-state index contributed by atoms with van der Waals surface area (Å²) in [6, 6.07) is 14.8. The highest BCUT2D eigenvalue weighted by atomic mass is 79.9. The van der Waals surface area contributed by atoms with Gasteiger partial charge in [-0.25, -0.2) is 0 Å². The van der Waals surface area contributed by atoms with E-state index in [2.05, 4.69) is 68.3 Å². The van der Waals surface area contributed by atoms with Gasteiger partial charge in [0.25, 0.3) is 0 Å². The molecule has 0 fully saturated rings. The Morgan fingerprint density at radius 3 is 2.67 bits per heavy atom. The molecule has 0 aliphatic heterocycles. The molecule has 1 aromatic heterocycles. The first-order chi connectivity index (χ1) is 10.2. The van der Waals surface area contributed by atoms with Gasteiger partial charge >= 0.3 is 0 Å². The first kappa shape index (κ1) is 14.9. The third-order valence-electron chi connectivity index (χ3n) is 3.66. The number of furan rings is 1. The normalized spacial score (nSPS) is 15.9. The third-order valence-corrected chi connectivity index (χ3v) is 4.97. The summed E-state index contributed by atoms with van der Waals surface area (Å²) in [5.41, 5.74) is 4.84. The maximum Gasteiger partial charge on any atom is 0.136 e. The fourth-order valence-corrected chi connectivity index (χ4v) is 3.86. The summed E-state index contributed by atoms with van der Waals surface area (Å²) in [5.74, 6) is 1.08. The van der Waals surface area contributed by atoms with Crippen LogP contribution in [0.15, 0.2) is 51.4 Å². The van der Waals surface area contributed by atoms with Gasteiger partial charge in [0.05, 0.1) is 0 Å². The van der Waals surface area contributed by atoms with E-state index in [4.69, 9.17) is 4.42 Å². The summed E-state index contributed by atoms with van der Waals surface area (Å²) < 4.78 is 7.09. The van der Waals surface area contributed by atoms with Crippen LogP contribution in [0.3, 0.4) is 0 Å². The number of halogens is 2. The van der Waals surface area contributed by atoms with Crippen LogP contribution in [0.4, 0.5) is 0 Å². The Labute approximate surface area is 141 Å². The lowest BCUT2D eigenvalue weighted by molar-refractivity contribution is 0.545. The number of alkyl halides is 1. The molecule has 0 saturated heterocycles. The van der Waals surface area contributed by atoms with Gasteiger partial charge in [0.15, 0.2) is 0 Å². The Morgan fingerprint density at radius 1 is 1.10 bits per heavy atom. The summed E-state index contributed by atoms with van der Waals surface area (Å²) in [7, 11) is 0. The van der Waals surface area contributed by atoms with E-state index in [-0.39, 0.29) is 0 Å². The molecule has 1 atom stereocenters. The van der Waals surface area contributed by atoms with Crippen LogP contribution in [-0.4, -0.2) is 0 Å². The van der Waals surface area contributed by atoms with Crippen molar-refractivity contribution >= 4 is 42.8 Å². The van der Waals surface area contributed by atoms with Crippen molar-refractivity contribution in [3.8, 4) is 11.1 Å². The Bertz CT molecular complexity index is 789. The van der Waals surface area contributed by atoms with Crippen LogP contribution in [0.5, 0.6) is 0 Å². The SMILES string of the molecule is Brc1ccc2c3c(oc2c1)CC(Br)c1ccccc1-3.CC. The van der Waals surface area contributed by atoms with E-state index in [0.717, 1.165) is 22.2 Å². The first-order valence-electron chi connectivity index (χ1n) is 7.18. The van der Waals surface area contributed by atoms with Gasteiger partial charge in [0.1, 0.15) is 11.3 Å². The lowest BCUT2D eigenvalue weighted by Gasteiger charge is -2.20. The highest BCUT2D eigenvalue weighted by Crippen LogP contribution is 2.47. The molecule has 1 nitrogen and oxygen atoms in total. The fourth-order valence-electron chi connectivity index (χ4n) is 2.83. The Hall–Kier alpha value is -1.06. The maximum atomic E-state index is 6.04. The van der Waals surface area contributed by atoms with Gasteiger partial charge in [-0.2, -0.15) is 0 Å². The fraction of sp³-hybridized carbons (Fsp3) is 0.222. The molecule has 0 saturated carbocycles. The highest BCUT2D eigenvalue weighted by Gasteiger charge is 2.27. The number of benzene rings is 2. The van der Waals surface area contributed by atoms with Crippen LogP contribution < -0.4 is 0 Å². The van der Waals surface area contributed by atoms with Gasteiger partial charge in [-0.3, -0.25) is 0 Å². The van der Waals surface area contributed by atoms with Gasteiger partial charge in [0.2, 0.25) is 0 Å². The highest BCUT2D eigenvalue weighted by molar-refractivity contribution is 9.10. The monoisotopic (exact) mass is 406 g/mol. The molecule has 0 amide bonds. The van der Waals surface area contributed by atoms with Gasteiger partial charge in [-0.15, -0.1) is 0 Å². The van der Waals surface area contributed by atoms with Gasteiger partial charge in [-0.05, 0) is 29.3 Å². The van der Waals surface area contributed by atoms with Crippen molar-refractivity contribution in [2.75, 3.05) is 0 Å². The van der Waals surface area contributed by atoms with Gasteiger partial charge in [0, 0.05) is 26.7 Å². The van der Waals surface area contributed by atoms with Gasteiger partial charge in [-0.1, -0.05) is 70.0 Å². The predicted molar refractivity (Wildman–Crippen MR) is 96.1 cm³/mol. The topological polar surface area (TPSA) is 13.1 Å². The second kappa shape index (κ2) is 5.98. The largest absolute Gasteiger partial charge is 0.460 e. The minimum atomic E-state index is 0.334. The second-order valence-corrected chi connectivity index (χ2v) is 6.82. The van der Waals surface area contributed by atoms with Crippen LogP contribution in [0.1, 0.15) is 30.0 Å². The summed E-state index contributed by atoms with van der Waals surface area (Å²) in [5, 5.41) is 1.20. The number of fused-ring (bicyclic) bond motifs is 5. The van der Waals surface area contributed by atoms with Crippen LogP contribution in [-0.2, 0) is 6.42 Å². The van der Waals surface area contributed by atoms with Crippen molar-refractivity contribution in [3.63, 3.8) is 0 Å². The van der Waals surface area contributed by atoms with Crippen molar-refractivity contribution < 1.29 is 4.42 Å². The minimum absolute atomic E-state index is 0.334. The summed E-state index contributed by atoms with van der Waals surface area (Å²) in [6.45, 7) is 4.00. The van der Waals surface area contributed by atoms with Crippen LogP contribution in [0, 0.1) is 0 Å². The van der Waals surface area contributed by atoms with E-state index in [1.54, 1.807) is 0 Å². The average molecular weight is 408 g/mol. The van der Waals surface area contributed by atoms with E-state index >= 15 is 0 Å². The molecule has 0 N–H and O–H groups in total. The summed E-state index contributed by atoms with van der Waals surface area (Å²) in [6.07, 6.45) is 0.901. The van der Waals surface area contributed by atoms with Crippen molar-refractivity contribution in [2.45, 2.75) is 25.1 Å². The van der Waals surface area contributed by atoms with E-state index in [1.807, 2.05) is 19.9 Å². The predicted octanol–water partition coefficient (Wildman–Crippen LogP) is 6.88. The molecule has 0 spiro atoms. The summed E-state index contributed by atoms with van der Waals surface area (Å²) in [4.78, 5) is 0.334. The number of hydrogen-bond acceptors (Lipinski definition) is 1. The molecule has 4 rings (SSSR count). The van der Waals surface area contributed by atoms with E-state index in [1.165, 1.54) is 22.1 Å². The standard InChI is InChI=1S/C16H10Br2O.C2H6/c17-9-5-6-12-14(7-9)19-15-8-13(18)10-3-1-2-4-11(10)16(12)15;1-2/h1-7,13H,8H2;1-2H3. The van der Waals surface area contributed by atoms with Crippen molar-refractivity contribution in [1.29, 1.82) is 0 Å². The molecule has 3 aromatic rings. The van der Waals surface area contributed by atoms with Crippen molar-refractivity contribution in [3.05, 3.63) is 58.3 Å². The Balaban J connectivity index is 0.000000636. The molecule has 0 bridgehead atoms. The lowest BCUT2D eigenvalue weighted by Crippen LogP contribution is -2.04. The molecule has 1 heterocycles. The molecule has 3 heteroatoms. The molecule has 21 heavy (non-hydrogen) atoms. The van der Waals surface area contributed by atoms with Crippen molar-refractivity contribution in [1.82, 2.24) is 0 Å². The van der Waals surface area contributed by atoms with E-state index in [0.29, 0.717) is 4.83 Å². The average Bonchev–Trinajstić information content (AvgIpc) is 2.86. The van der Waals surface area contributed by atoms with Crippen LogP contribution >= 0.6 is 31.9 Å². The van der Waals surface area contributed by atoms with E-state index < -0.39 is 0 Å². The smallest absolute Gasteiger partial charge is 0.136 e. The lowest BCUT2D eigenvalue weighted by atomic mass is 9.88. The zero-order chi connectivity index (χ0) is 15.0. The maximum absolute atomic E-state index is 6.04. The molecule has 1 unspecified atom stereocenters. The van der Waals surface area contributed by atoms with Crippen LogP contribution in [0.25, 0.3) is 22.1 Å². The molecular formula is C18H16Br2O. The Kier molecular flexibility index (Phi) is 4.23. The minimum Gasteiger partial charge on any atom is -0.460 e. The molecule has 0 radical (unpaired) electrons.